The summed E-state index contributed by atoms with van der Waals surface area (Å²) >= 11 is 0. The van der Waals surface area contributed by atoms with Crippen molar-refractivity contribution < 1.29 is 8.81 Å². The van der Waals surface area contributed by atoms with Crippen LogP contribution < -0.4 is 0 Å². The minimum Gasteiger partial charge on any atom is -0.464 e. The number of hydrogen-bond donors (Lipinski definition) is 0. The molecule has 0 spiro atoms. The van der Waals surface area contributed by atoms with Crippen LogP contribution in [0.5, 0.6) is 0 Å². The normalized spacial score (nSPS) is 17.2. The minimum absolute atomic E-state index is 0.114. The van der Waals surface area contributed by atoms with E-state index < -0.39 is 0 Å². The van der Waals surface area contributed by atoms with Crippen LogP contribution in [0.25, 0.3) is 22.2 Å². The lowest BCUT2D eigenvalue weighted by molar-refractivity contribution is 0.289. The molecule has 0 radical (unpaired) electrons. The average Bonchev–Trinajstić information content (AvgIpc) is 3.17. The Hall–Kier alpha value is -3.05. The summed E-state index contributed by atoms with van der Waals surface area (Å²) in [6.45, 7) is 1.43. The van der Waals surface area contributed by atoms with Crippen molar-refractivity contribution in [3.8, 4) is 11.3 Å². The molecule has 3 heterocycles. The van der Waals surface area contributed by atoms with Crippen LogP contribution in [0.15, 0.2) is 65.7 Å². The van der Waals surface area contributed by atoms with Crippen molar-refractivity contribution in [1.29, 1.82) is 0 Å². The average molecular weight is 359 g/mol. The van der Waals surface area contributed by atoms with Gasteiger partial charge in [-0.3, -0.25) is 9.97 Å². The molecule has 0 N–H and O–H groups in total. The summed E-state index contributed by atoms with van der Waals surface area (Å²) in [5, 5.41) is 1.07. The van der Waals surface area contributed by atoms with E-state index >= 15 is 4.39 Å². The van der Waals surface area contributed by atoms with Gasteiger partial charge in [0.25, 0.3) is 0 Å². The third-order valence-corrected chi connectivity index (χ3v) is 5.30. The third kappa shape index (κ3) is 2.71. The fraction of sp³-hybridized carbons (Fsp3) is 0.182. The van der Waals surface area contributed by atoms with Crippen LogP contribution in [0.3, 0.4) is 0 Å². The smallest absolute Gasteiger partial charge is 0.137 e. The number of likely N-dealkylation sites (N-methyl/N-ethyl adjacent to an activating group) is 1. The highest BCUT2D eigenvalue weighted by atomic mass is 19.1. The van der Waals surface area contributed by atoms with Crippen LogP contribution in [0, 0.1) is 5.82 Å². The number of benzene rings is 2. The topological polar surface area (TPSA) is 42.2 Å². The minimum atomic E-state index is -0.200. The summed E-state index contributed by atoms with van der Waals surface area (Å²) in [5.74, 6) is -0.0857. The summed E-state index contributed by atoms with van der Waals surface area (Å²) in [6, 6.07) is 12.0. The molecule has 1 atom stereocenters. The third-order valence-electron chi connectivity index (χ3n) is 5.30. The number of nitrogens with zero attached hydrogens (tertiary/aromatic N) is 3. The molecule has 2 aromatic heterocycles. The van der Waals surface area contributed by atoms with Gasteiger partial charge >= 0.3 is 0 Å². The van der Waals surface area contributed by atoms with E-state index in [4.69, 9.17) is 4.42 Å². The Morgan fingerprint density at radius 2 is 2.07 bits per heavy atom. The van der Waals surface area contributed by atoms with Crippen LogP contribution >= 0.6 is 0 Å². The molecule has 0 saturated carbocycles. The van der Waals surface area contributed by atoms with E-state index in [9.17, 15) is 0 Å². The first-order chi connectivity index (χ1) is 13.2. The van der Waals surface area contributed by atoms with E-state index in [1.165, 1.54) is 5.56 Å². The maximum atomic E-state index is 15.4. The molecule has 1 aliphatic rings. The fourth-order valence-electron chi connectivity index (χ4n) is 3.99. The zero-order valence-electron chi connectivity index (χ0n) is 14.9. The Morgan fingerprint density at radius 1 is 1.15 bits per heavy atom. The van der Waals surface area contributed by atoms with Crippen LogP contribution in [-0.2, 0) is 6.54 Å². The molecule has 0 amide bonds. The zero-order chi connectivity index (χ0) is 18.4. The molecule has 1 unspecified atom stereocenters. The number of halogens is 1. The molecule has 2 aromatic carbocycles. The van der Waals surface area contributed by atoms with Crippen molar-refractivity contribution in [3.05, 3.63) is 83.8 Å². The molecule has 0 saturated heterocycles. The maximum absolute atomic E-state index is 15.4. The number of aromatic nitrogens is 2. The SMILES string of the molecule is CN1Cc2c(ccc(-c3cnccn3)c2F)C(c2ccc3occc3c2)C1. The highest BCUT2D eigenvalue weighted by Gasteiger charge is 2.28. The largest absolute Gasteiger partial charge is 0.464 e. The van der Waals surface area contributed by atoms with Gasteiger partial charge in [-0.1, -0.05) is 12.1 Å². The maximum Gasteiger partial charge on any atom is 0.137 e. The van der Waals surface area contributed by atoms with Gasteiger partial charge in [-0.05, 0) is 42.4 Å². The Kier molecular flexibility index (Phi) is 3.76. The number of furan rings is 1. The Morgan fingerprint density at radius 3 is 2.93 bits per heavy atom. The van der Waals surface area contributed by atoms with Crippen molar-refractivity contribution in [2.24, 2.45) is 0 Å². The van der Waals surface area contributed by atoms with E-state index in [1.54, 1.807) is 24.9 Å². The van der Waals surface area contributed by atoms with Crippen LogP contribution in [0.2, 0.25) is 0 Å². The second kappa shape index (κ2) is 6.28. The van der Waals surface area contributed by atoms with Gasteiger partial charge in [0.1, 0.15) is 11.4 Å². The van der Waals surface area contributed by atoms with E-state index in [-0.39, 0.29) is 11.7 Å². The lowest BCUT2D eigenvalue weighted by atomic mass is 9.83. The summed E-state index contributed by atoms with van der Waals surface area (Å²) in [7, 11) is 2.03. The van der Waals surface area contributed by atoms with Gasteiger partial charge in [0, 0.05) is 47.9 Å². The summed E-state index contributed by atoms with van der Waals surface area (Å²) < 4.78 is 20.8. The fourth-order valence-corrected chi connectivity index (χ4v) is 3.99. The van der Waals surface area contributed by atoms with Crippen LogP contribution in [-0.4, -0.2) is 28.5 Å². The van der Waals surface area contributed by atoms with Crippen molar-refractivity contribution in [2.75, 3.05) is 13.6 Å². The standard InChI is InChI=1S/C22H18FN3O/c1-26-12-18(14-2-5-21-15(10-14)6-9-27-21)16-3-4-17(22(23)19(16)13-26)20-11-24-7-8-25-20/h2-11,18H,12-13H2,1H3. The molecule has 0 aliphatic carbocycles. The number of rotatable bonds is 2. The summed E-state index contributed by atoms with van der Waals surface area (Å²) in [4.78, 5) is 10.5. The van der Waals surface area contributed by atoms with Crippen LogP contribution in [0.4, 0.5) is 4.39 Å². The molecule has 5 rings (SSSR count). The lowest BCUT2D eigenvalue weighted by Crippen LogP contribution is -2.31. The van der Waals surface area contributed by atoms with E-state index in [0.717, 1.165) is 28.6 Å². The first-order valence-corrected chi connectivity index (χ1v) is 8.94. The molecule has 134 valence electrons. The second-order valence-corrected chi connectivity index (χ2v) is 7.05. The van der Waals surface area contributed by atoms with Gasteiger partial charge in [0.15, 0.2) is 0 Å². The predicted octanol–water partition coefficient (Wildman–Crippen LogP) is 4.61. The molecule has 4 aromatic rings. The van der Waals surface area contributed by atoms with Gasteiger partial charge in [0.2, 0.25) is 0 Å². The van der Waals surface area contributed by atoms with Crippen molar-refractivity contribution >= 4 is 11.0 Å². The van der Waals surface area contributed by atoms with Gasteiger partial charge in [-0.2, -0.15) is 0 Å². The van der Waals surface area contributed by atoms with Crippen LogP contribution in [0.1, 0.15) is 22.6 Å². The molecule has 0 fully saturated rings. The van der Waals surface area contributed by atoms with Gasteiger partial charge in [-0.25, -0.2) is 4.39 Å². The monoisotopic (exact) mass is 359 g/mol. The first kappa shape index (κ1) is 16.1. The van der Waals surface area contributed by atoms with E-state index in [0.29, 0.717) is 17.8 Å². The second-order valence-electron chi connectivity index (χ2n) is 7.05. The van der Waals surface area contributed by atoms with E-state index in [2.05, 4.69) is 27.0 Å². The molecule has 4 nitrogen and oxygen atoms in total. The summed E-state index contributed by atoms with van der Waals surface area (Å²) in [6.07, 6.45) is 6.48. The Balaban J connectivity index is 1.64. The van der Waals surface area contributed by atoms with Crippen molar-refractivity contribution in [3.63, 3.8) is 0 Å². The van der Waals surface area contributed by atoms with Gasteiger partial charge in [0.05, 0.1) is 18.2 Å². The van der Waals surface area contributed by atoms with Gasteiger partial charge in [-0.15, -0.1) is 0 Å². The Bertz CT molecular complexity index is 1120. The van der Waals surface area contributed by atoms with Crippen molar-refractivity contribution in [1.82, 2.24) is 14.9 Å². The number of fused-ring (bicyclic) bond motifs is 2. The summed E-state index contributed by atoms with van der Waals surface area (Å²) in [5.41, 5.74) is 4.88. The quantitative estimate of drug-likeness (QED) is 0.524. The predicted molar refractivity (Wildman–Crippen MR) is 102 cm³/mol. The lowest BCUT2D eigenvalue weighted by Gasteiger charge is -2.33. The highest BCUT2D eigenvalue weighted by molar-refractivity contribution is 5.78. The van der Waals surface area contributed by atoms with Crippen molar-refractivity contribution in [2.45, 2.75) is 12.5 Å². The molecule has 27 heavy (non-hydrogen) atoms. The highest BCUT2D eigenvalue weighted by Crippen LogP contribution is 2.38. The molecule has 0 bridgehead atoms. The zero-order valence-corrected chi connectivity index (χ0v) is 14.9. The molecular formula is C22H18FN3O. The number of hydrogen-bond acceptors (Lipinski definition) is 4. The molecule has 1 aliphatic heterocycles. The Labute approximate surface area is 156 Å². The van der Waals surface area contributed by atoms with E-state index in [1.807, 2.05) is 31.3 Å². The first-order valence-electron chi connectivity index (χ1n) is 8.94. The molecular weight excluding hydrogens is 341 g/mol. The van der Waals surface area contributed by atoms with Gasteiger partial charge < -0.3 is 9.32 Å². The molecule has 5 heteroatoms.